The van der Waals surface area contributed by atoms with Gasteiger partial charge in [-0.05, 0) is 66.3 Å². The number of thiophene rings is 1. The number of nitriles is 2. The molecule has 6 rings (SSSR count). The normalized spacial score (nSPS) is 15.8. The van der Waals surface area contributed by atoms with Gasteiger partial charge in [0, 0.05) is 37.7 Å². The van der Waals surface area contributed by atoms with E-state index in [-0.39, 0.29) is 23.4 Å². The Balaban J connectivity index is 1.21. The maximum Gasteiger partial charge on any atom is 0.496 e. The molecule has 50 heavy (non-hydrogen) atoms. The van der Waals surface area contributed by atoms with Gasteiger partial charge in [0.2, 0.25) is 5.95 Å². The molecule has 2 amide bonds. The third kappa shape index (κ3) is 7.70. The quantitative estimate of drug-likeness (QED) is 0.104. The Labute approximate surface area is 295 Å². The number of anilines is 1. The molecule has 2 atom stereocenters. The zero-order valence-corrected chi connectivity index (χ0v) is 28.8. The number of hydrogen-bond acceptors (Lipinski definition) is 8. The van der Waals surface area contributed by atoms with E-state index >= 15 is 0 Å². The first-order chi connectivity index (χ1) is 24.4. The van der Waals surface area contributed by atoms with Crippen LogP contribution >= 0.6 is 11.3 Å². The number of hydrogen-bond donors (Lipinski definition) is 2. The number of amides is 2. The van der Waals surface area contributed by atoms with Crippen molar-refractivity contribution < 1.29 is 9.37 Å². The minimum atomic E-state index is -0.168. The van der Waals surface area contributed by atoms with Crippen LogP contribution < -0.4 is 16.2 Å². The molecule has 2 aromatic carbocycles. The Bertz CT molecular complexity index is 2170. The highest BCUT2D eigenvalue weighted by Gasteiger charge is 2.51. The molecule has 1 saturated carbocycles. The number of carbonyl (C=O) groups excluding carboxylic acids is 1. The van der Waals surface area contributed by atoms with Gasteiger partial charge in [0.15, 0.2) is 0 Å². The smallest absolute Gasteiger partial charge is 0.354 e. The van der Waals surface area contributed by atoms with Crippen molar-refractivity contribution in [3.63, 3.8) is 0 Å². The summed E-state index contributed by atoms with van der Waals surface area (Å²) in [7, 11) is 1.73. The summed E-state index contributed by atoms with van der Waals surface area (Å²) in [4.78, 5) is 36.4. The number of aryl methyl sites for hydroxylation is 1. The second kappa shape index (κ2) is 15.5. The van der Waals surface area contributed by atoms with Gasteiger partial charge in [0.05, 0.1) is 22.3 Å². The molecule has 11 heteroatoms. The number of urea groups is 1. The van der Waals surface area contributed by atoms with Gasteiger partial charge in [0.1, 0.15) is 34.9 Å². The van der Waals surface area contributed by atoms with Gasteiger partial charge in [-0.1, -0.05) is 55.8 Å². The van der Waals surface area contributed by atoms with Gasteiger partial charge >= 0.3 is 6.03 Å². The first kappa shape index (κ1) is 34.0. The van der Waals surface area contributed by atoms with E-state index in [2.05, 4.69) is 39.7 Å². The Morgan fingerprint density at radius 2 is 1.76 bits per heavy atom. The molecule has 0 bridgehead atoms. The summed E-state index contributed by atoms with van der Waals surface area (Å²) in [5.74, 6) is 0.948. The van der Waals surface area contributed by atoms with Crippen molar-refractivity contribution >= 4 is 34.7 Å². The molecule has 2 N–H and O–H groups in total. The molecule has 1 fully saturated rings. The topological polar surface area (TPSA) is 140 Å². The summed E-state index contributed by atoms with van der Waals surface area (Å²) in [6.45, 7) is 3.20. The van der Waals surface area contributed by atoms with Crippen LogP contribution in [0, 0.1) is 34.5 Å². The zero-order chi connectivity index (χ0) is 35.0. The lowest BCUT2D eigenvalue weighted by molar-refractivity contribution is -0.333. The summed E-state index contributed by atoms with van der Waals surface area (Å²) < 4.78 is 3.39. The van der Waals surface area contributed by atoms with Crippen LogP contribution in [-0.2, 0) is 13.6 Å². The molecule has 0 radical (unpaired) electrons. The maximum atomic E-state index is 13.9. The highest BCUT2D eigenvalue weighted by atomic mass is 32.1. The predicted molar refractivity (Wildman–Crippen MR) is 195 cm³/mol. The van der Waals surface area contributed by atoms with Crippen LogP contribution in [0.5, 0.6) is 0 Å². The van der Waals surface area contributed by atoms with E-state index in [1.165, 1.54) is 22.1 Å². The van der Waals surface area contributed by atoms with Crippen LogP contribution in [0.3, 0.4) is 0 Å². The predicted octanol–water partition coefficient (Wildman–Crippen LogP) is 7.25. The number of rotatable bonds is 12. The molecule has 3 aromatic heterocycles. The van der Waals surface area contributed by atoms with E-state index in [9.17, 15) is 20.1 Å². The van der Waals surface area contributed by atoms with Crippen molar-refractivity contribution in [2.75, 3.05) is 11.9 Å². The lowest BCUT2D eigenvalue weighted by Gasteiger charge is -2.08. The number of aromatic nitrogens is 3. The van der Waals surface area contributed by atoms with Crippen LogP contribution in [0.15, 0.2) is 96.1 Å². The van der Waals surface area contributed by atoms with Crippen molar-refractivity contribution in [3.8, 4) is 33.8 Å². The van der Waals surface area contributed by atoms with Crippen molar-refractivity contribution in [3.05, 3.63) is 118 Å². The van der Waals surface area contributed by atoms with E-state index in [0.29, 0.717) is 35.2 Å². The molecule has 3 heterocycles. The molecule has 250 valence electrons. The van der Waals surface area contributed by atoms with E-state index in [4.69, 9.17) is 0 Å². The lowest BCUT2D eigenvalue weighted by Crippen LogP contribution is -2.32. The molecular weight excluding hydrogens is 645 g/mol. The van der Waals surface area contributed by atoms with E-state index < -0.39 is 0 Å². The summed E-state index contributed by atoms with van der Waals surface area (Å²) in [6, 6.07) is 28.8. The van der Waals surface area contributed by atoms with E-state index in [0.717, 1.165) is 58.6 Å². The van der Waals surface area contributed by atoms with Gasteiger partial charge in [0.25, 0.3) is 5.56 Å². The minimum absolute atomic E-state index is 0.0790. The van der Waals surface area contributed by atoms with E-state index in [1.54, 1.807) is 31.4 Å². The molecule has 1 aliphatic rings. The van der Waals surface area contributed by atoms with Gasteiger partial charge in [-0.15, -0.1) is 11.3 Å². The number of pyridine rings is 1. The number of nitrogens with zero attached hydrogens (tertiary/aromatic N) is 6. The molecule has 5 aromatic rings. The summed E-state index contributed by atoms with van der Waals surface area (Å²) in [6.07, 6.45) is 6.95. The monoisotopic (exact) mass is 681 g/mol. The number of nitrogens with one attached hydrogen (secondary N) is 2. The van der Waals surface area contributed by atoms with Crippen molar-refractivity contribution in [1.82, 2.24) is 19.9 Å². The van der Waals surface area contributed by atoms with Crippen molar-refractivity contribution in [2.45, 2.75) is 39.2 Å². The number of benzene rings is 2. The van der Waals surface area contributed by atoms with Gasteiger partial charge in [-0.25, -0.2) is 15.3 Å². The second-order valence-electron chi connectivity index (χ2n) is 12.2. The molecule has 1 aliphatic carbocycles. The van der Waals surface area contributed by atoms with Gasteiger partial charge in [-0.3, -0.25) is 4.79 Å². The molecule has 0 spiro atoms. The Kier molecular flexibility index (Phi) is 10.6. The lowest BCUT2D eigenvalue weighted by atomic mass is 10.1. The van der Waals surface area contributed by atoms with Crippen LogP contribution in [0.2, 0.25) is 0 Å². The highest BCUT2D eigenvalue weighted by Crippen LogP contribution is 2.44. The fourth-order valence-electron chi connectivity index (χ4n) is 6.25. The van der Waals surface area contributed by atoms with Gasteiger partial charge in [-0.2, -0.15) is 19.9 Å². The Morgan fingerprint density at radius 1 is 0.980 bits per heavy atom. The average Bonchev–Trinajstić information content (AvgIpc) is 3.56. The summed E-state index contributed by atoms with van der Waals surface area (Å²) >= 11 is 1.29. The first-order valence-electron chi connectivity index (χ1n) is 16.7. The standard InChI is InChI=1S/C39H36N8O2S/c1-3-8-32-33(11-7-19-42-38-43-25-29(22-40)36(45-38)34-17-16-31(23-41)50-34)37(32)47(39(49)44-24-26-9-5-4-6-10-26)30-14-12-27(13-15-30)28-18-20-46(2)35(48)21-28/h4-6,9-10,12-18,20-21,25,32-33H,3,7-8,11,19,24H2,1-2H3,(H-,42,43,44,45,49)/p+1/b47-37+. The largest absolute Gasteiger partial charge is 0.496 e. The zero-order valence-electron chi connectivity index (χ0n) is 28.0. The number of carbonyl (C=O) groups is 1. The second-order valence-corrected chi connectivity index (χ2v) is 13.3. The molecule has 0 saturated heterocycles. The Hall–Kier alpha value is -5.91. The third-order valence-corrected chi connectivity index (χ3v) is 9.88. The molecule has 0 aliphatic heterocycles. The van der Waals surface area contributed by atoms with E-state index in [1.807, 2.05) is 65.2 Å². The maximum absolute atomic E-state index is 13.9. The van der Waals surface area contributed by atoms with Gasteiger partial charge < -0.3 is 9.88 Å². The summed E-state index contributed by atoms with van der Waals surface area (Å²) in [5.41, 5.74) is 5.44. The SMILES string of the molecule is CCCC1/C(=[N+](\C(=O)NCc2ccccc2)c2ccc(-c3ccn(C)c(=O)c3)cc2)C1CCCNc1ncc(C#N)c(-c2ccc(C#N)s2)n1. The molecule has 10 nitrogen and oxygen atoms in total. The van der Waals surface area contributed by atoms with Crippen LogP contribution in [0.1, 0.15) is 48.6 Å². The minimum Gasteiger partial charge on any atom is -0.354 e. The average molecular weight is 682 g/mol. The first-order valence-corrected chi connectivity index (χ1v) is 17.5. The van der Waals surface area contributed by atoms with Crippen molar-refractivity contribution in [2.24, 2.45) is 18.9 Å². The highest BCUT2D eigenvalue weighted by molar-refractivity contribution is 7.16. The summed E-state index contributed by atoms with van der Waals surface area (Å²) in [5, 5.41) is 25.3. The van der Waals surface area contributed by atoms with Crippen LogP contribution in [0.4, 0.5) is 16.4 Å². The van der Waals surface area contributed by atoms with Crippen molar-refractivity contribution in [1.29, 1.82) is 10.5 Å². The Morgan fingerprint density at radius 3 is 2.46 bits per heavy atom. The van der Waals surface area contributed by atoms with Crippen LogP contribution in [0.25, 0.3) is 21.7 Å². The molecular formula is C39H37N8O2S+. The molecule has 2 unspecified atom stereocenters. The fraction of sp³-hybridized carbons (Fsp3) is 0.256. The fourth-order valence-corrected chi connectivity index (χ4v) is 7.06. The van der Waals surface area contributed by atoms with Crippen LogP contribution in [-0.4, -0.2) is 37.4 Å². The third-order valence-electron chi connectivity index (χ3n) is 8.88.